The fourth-order valence-corrected chi connectivity index (χ4v) is 4.80. The Balaban J connectivity index is 1.51. The highest BCUT2D eigenvalue weighted by Crippen LogP contribution is 2.30. The number of anilines is 1. The van der Waals surface area contributed by atoms with Crippen LogP contribution < -0.4 is 14.8 Å². The average Bonchev–Trinajstić information content (AvgIpc) is 3.35. The number of sulfone groups is 1. The van der Waals surface area contributed by atoms with Crippen LogP contribution >= 0.6 is 11.5 Å². The number of methoxy groups -OCH3 is 1. The molecule has 9 nitrogen and oxygen atoms in total. The van der Waals surface area contributed by atoms with Gasteiger partial charge in [0.2, 0.25) is 15.0 Å². The molecule has 36 heavy (non-hydrogen) atoms. The van der Waals surface area contributed by atoms with Crippen molar-refractivity contribution in [1.29, 1.82) is 5.26 Å². The van der Waals surface area contributed by atoms with Gasteiger partial charge >= 0.3 is 0 Å². The Bertz CT molecular complexity index is 1620. The van der Waals surface area contributed by atoms with Gasteiger partial charge in [-0.05, 0) is 40.1 Å². The van der Waals surface area contributed by atoms with E-state index in [1.807, 2.05) is 48.5 Å². The van der Waals surface area contributed by atoms with Crippen LogP contribution in [0.25, 0.3) is 16.8 Å². The maximum atomic E-state index is 12.5. The standard InChI is InChI=1S/C25H20N4O5S2/c1-33-22-13-16(12-19(14-26)23(30)27-24-28-25(29-35-24)36(2,31)32)10-11-21(22)34-15-18-8-5-7-17-6-3-4-9-20(17)18/h3-13H,15H2,1-2H3,(H,27,28,29,30). The van der Waals surface area contributed by atoms with Crippen LogP contribution in [0.4, 0.5) is 5.13 Å². The molecule has 11 heteroatoms. The highest BCUT2D eigenvalue weighted by molar-refractivity contribution is 7.90. The molecule has 182 valence electrons. The van der Waals surface area contributed by atoms with Gasteiger partial charge < -0.3 is 9.47 Å². The van der Waals surface area contributed by atoms with Crippen molar-refractivity contribution in [1.82, 2.24) is 9.36 Å². The van der Waals surface area contributed by atoms with Gasteiger partial charge in [-0.15, -0.1) is 0 Å². The highest BCUT2D eigenvalue weighted by atomic mass is 32.2. The van der Waals surface area contributed by atoms with Crippen molar-refractivity contribution in [3.05, 3.63) is 77.4 Å². The zero-order chi connectivity index (χ0) is 25.7. The number of benzene rings is 3. The van der Waals surface area contributed by atoms with Gasteiger partial charge in [-0.2, -0.15) is 14.6 Å². The lowest BCUT2D eigenvalue weighted by Crippen LogP contribution is -2.13. The smallest absolute Gasteiger partial charge is 0.268 e. The molecule has 0 atom stereocenters. The Kier molecular flexibility index (Phi) is 7.28. The molecule has 1 aromatic heterocycles. The Morgan fingerprint density at radius 1 is 1.14 bits per heavy atom. The largest absolute Gasteiger partial charge is 0.493 e. The third-order valence-electron chi connectivity index (χ3n) is 5.09. The van der Waals surface area contributed by atoms with Crippen LogP contribution in [-0.4, -0.2) is 37.0 Å². The van der Waals surface area contributed by atoms with Crippen molar-refractivity contribution in [2.45, 2.75) is 11.8 Å². The quantitative estimate of drug-likeness (QED) is 0.270. The predicted molar refractivity (Wildman–Crippen MR) is 137 cm³/mol. The van der Waals surface area contributed by atoms with Crippen molar-refractivity contribution in [3.63, 3.8) is 0 Å². The van der Waals surface area contributed by atoms with Crippen molar-refractivity contribution in [2.24, 2.45) is 0 Å². The van der Waals surface area contributed by atoms with Crippen LogP contribution in [0.5, 0.6) is 11.5 Å². The molecule has 0 saturated heterocycles. The number of nitriles is 1. The number of hydrogen-bond acceptors (Lipinski definition) is 9. The summed E-state index contributed by atoms with van der Waals surface area (Å²) in [6, 6.07) is 20.9. The number of fused-ring (bicyclic) bond motifs is 1. The normalized spacial score (nSPS) is 11.6. The van der Waals surface area contributed by atoms with Crippen LogP contribution in [-0.2, 0) is 21.2 Å². The van der Waals surface area contributed by atoms with Gasteiger partial charge in [0.05, 0.1) is 7.11 Å². The van der Waals surface area contributed by atoms with E-state index in [4.69, 9.17) is 9.47 Å². The maximum absolute atomic E-state index is 12.5. The van der Waals surface area contributed by atoms with Crippen molar-refractivity contribution in [3.8, 4) is 17.6 Å². The summed E-state index contributed by atoms with van der Waals surface area (Å²) in [5.41, 5.74) is 1.35. The summed E-state index contributed by atoms with van der Waals surface area (Å²) in [6.45, 7) is 0.329. The van der Waals surface area contributed by atoms with E-state index in [1.165, 1.54) is 13.2 Å². The lowest BCUT2D eigenvalue weighted by Gasteiger charge is -2.13. The Labute approximate surface area is 211 Å². The number of carbonyl (C=O) groups excluding carboxylic acids is 1. The summed E-state index contributed by atoms with van der Waals surface area (Å²) in [4.78, 5) is 16.3. The molecule has 3 aromatic carbocycles. The van der Waals surface area contributed by atoms with Crippen LogP contribution in [0, 0.1) is 11.3 Å². The molecular formula is C25H20N4O5S2. The molecule has 1 amide bonds. The molecule has 0 radical (unpaired) electrons. The molecule has 1 N–H and O–H groups in total. The van der Waals surface area contributed by atoms with E-state index < -0.39 is 20.9 Å². The Morgan fingerprint density at radius 2 is 1.92 bits per heavy atom. The minimum absolute atomic E-state index is 0.0312. The van der Waals surface area contributed by atoms with Crippen LogP contribution in [0.3, 0.4) is 0 Å². The van der Waals surface area contributed by atoms with Crippen molar-refractivity contribution >= 4 is 49.3 Å². The lowest BCUT2D eigenvalue weighted by atomic mass is 10.1. The molecule has 4 rings (SSSR count). The first-order valence-corrected chi connectivity index (χ1v) is 13.2. The van der Waals surface area contributed by atoms with Gasteiger partial charge in [0, 0.05) is 17.8 Å². The molecule has 0 aliphatic rings. The fraction of sp³-hybridized carbons (Fsp3) is 0.120. The minimum Gasteiger partial charge on any atom is -0.493 e. The zero-order valence-corrected chi connectivity index (χ0v) is 20.9. The number of hydrogen-bond donors (Lipinski definition) is 1. The van der Waals surface area contributed by atoms with Gasteiger partial charge in [0.1, 0.15) is 18.2 Å². The first-order chi connectivity index (χ1) is 17.3. The van der Waals surface area contributed by atoms with E-state index in [9.17, 15) is 18.5 Å². The van der Waals surface area contributed by atoms with Gasteiger partial charge in [0.15, 0.2) is 11.5 Å². The SMILES string of the molecule is COc1cc(C=C(C#N)C(=O)Nc2nc(S(C)(=O)=O)ns2)ccc1OCc1cccc2ccccc12. The summed E-state index contributed by atoms with van der Waals surface area (Å²) < 4.78 is 38.2. The first kappa shape index (κ1) is 24.8. The van der Waals surface area contributed by atoms with Gasteiger partial charge in [-0.3, -0.25) is 10.1 Å². The van der Waals surface area contributed by atoms with Gasteiger partial charge in [-0.1, -0.05) is 48.5 Å². The number of ether oxygens (including phenoxy) is 2. The Morgan fingerprint density at radius 3 is 2.64 bits per heavy atom. The number of aromatic nitrogens is 2. The van der Waals surface area contributed by atoms with E-state index in [1.54, 1.807) is 18.2 Å². The fourth-order valence-electron chi connectivity index (χ4n) is 3.36. The molecule has 0 aliphatic carbocycles. The molecule has 0 saturated carbocycles. The number of amides is 1. The summed E-state index contributed by atoms with van der Waals surface area (Å²) in [5, 5.41) is 13.7. The molecule has 4 aromatic rings. The van der Waals surface area contributed by atoms with E-state index in [0.717, 1.165) is 22.6 Å². The number of carbonyl (C=O) groups is 1. The molecule has 0 unspecified atom stereocenters. The van der Waals surface area contributed by atoms with E-state index >= 15 is 0 Å². The summed E-state index contributed by atoms with van der Waals surface area (Å²) in [6.07, 6.45) is 2.34. The third kappa shape index (κ3) is 5.68. The van der Waals surface area contributed by atoms with Gasteiger partial charge in [-0.25, -0.2) is 8.42 Å². The highest BCUT2D eigenvalue weighted by Gasteiger charge is 2.18. The second-order valence-corrected chi connectivity index (χ2v) is 10.3. The molecule has 1 heterocycles. The zero-order valence-electron chi connectivity index (χ0n) is 19.3. The first-order valence-electron chi connectivity index (χ1n) is 10.5. The monoisotopic (exact) mass is 520 g/mol. The van der Waals surface area contributed by atoms with E-state index in [0.29, 0.717) is 35.2 Å². The number of nitrogens with zero attached hydrogens (tertiary/aromatic N) is 3. The number of nitrogens with one attached hydrogen (secondary N) is 1. The summed E-state index contributed by atoms with van der Waals surface area (Å²) >= 11 is 0.706. The van der Waals surface area contributed by atoms with Crippen molar-refractivity contribution in [2.75, 3.05) is 18.7 Å². The topological polar surface area (TPSA) is 131 Å². The second kappa shape index (κ2) is 10.6. The average molecular weight is 521 g/mol. The van der Waals surface area contributed by atoms with Crippen molar-refractivity contribution < 1.29 is 22.7 Å². The van der Waals surface area contributed by atoms with E-state index in [-0.39, 0.29) is 10.7 Å². The molecule has 0 bridgehead atoms. The lowest BCUT2D eigenvalue weighted by molar-refractivity contribution is -0.112. The molecule has 0 spiro atoms. The second-order valence-electron chi connectivity index (χ2n) is 7.62. The van der Waals surface area contributed by atoms with Crippen LogP contribution in [0.15, 0.2) is 71.4 Å². The number of rotatable bonds is 8. The molecule has 0 fully saturated rings. The molecule has 0 aliphatic heterocycles. The Hall–Kier alpha value is -4.27. The predicted octanol–water partition coefficient (Wildman–Crippen LogP) is 4.23. The maximum Gasteiger partial charge on any atom is 0.268 e. The van der Waals surface area contributed by atoms with Gasteiger partial charge in [0.25, 0.3) is 11.1 Å². The minimum atomic E-state index is -3.61. The van der Waals surface area contributed by atoms with Crippen LogP contribution in [0.1, 0.15) is 11.1 Å². The summed E-state index contributed by atoms with van der Waals surface area (Å²) in [7, 11) is -2.11. The van der Waals surface area contributed by atoms with E-state index in [2.05, 4.69) is 14.7 Å². The van der Waals surface area contributed by atoms with Crippen LogP contribution in [0.2, 0.25) is 0 Å². The third-order valence-corrected chi connectivity index (χ3v) is 6.68. The summed E-state index contributed by atoms with van der Waals surface area (Å²) in [5.74, 6) is 0.195. The molecular weight excluding hydrogens is 500 g/mol.